The number of rotatable bonds is 2. The lowest BCUT2D eigenvalue weighted by atomic mass is 9.73. The van der Waals surface area contributed by atoms with Crippen molar-refractivity contribution >= 4 is 5.78 Å². The maximum absolute atomic E-state index is 12.2. The number of carbonyl (C=O) groups is 1. The Labute approximate surface area is 97.8 Å². The quantitative estimate of drug-likeness (QED) is 0.773. The number of carbonyl (C=O) groups excluding carboxylic acids is 1. The molecule has 0 aromatic heterocycles. The van der Waals surface area contributed by atoms with Crippen LogP contribution in [0.15, 0.2) is 23.3 Å². The third-order valence-corrected chi connectivity index (χ3v) is 3.91. The first-order chi connectivity index (χ1) is 7.69. The van der Waals surface area contributed by atoms with Gasteiger partial charge in [-0.15, -0.1) is 0 Å². The van der Waals surface area contributed by atoms with Crippen molar-refractivity contribution < 1.29 is 4.79 Å². The summed E-state index contributed by atoms with van der Waals surface area (Å²) >= 11 is 0. The average molecular weight is 219 g/mol. The lowest BCUT2D eigenvalue weighted by molar-refractivity contribution is -0.125. The Kier molecular flexibility index (Phi) is 3.29. The fraction of sp³-hybridized carbons (Fsp3) is 0.643. The molecule has 1 unspecified atom stereocenters. The van der Waals surface area contributed by atoms with Gasteiger partial charge in [-0.1, -0.05) is 24.1 Å². The topological polar surface area (TPSA) is 29.1 Å². The third-order valence-electron chi connectivity index (χ3n) is 3.91. The molecule has 16 heavy (non-hydrogen) atoms. The predicted octanol–water partition coefficient (Wildman–Crippen LogP) is 2.75. The minimum Gasteiger partial charge on any atom is -0.304 e. The van der Waals surface area contributed by atoms with Crippen LogP contribution in [0.3, 0.4) is 0 Å². The van der Waals surface area contributed by atoms with Gasteiger partial charge >= 0.3 is 0 Å². The zero-order valence-corrected chi connectivity index (χ0v) is 10.3. The minimum absolute atomic E-state index is 0.374. The number of hydrogen-bond acceptors (Lipinski definition) is 2. The molecule has 1 saturated carbocycles. The van der Waals surface area contributed by atoms with Crippen LogP contribution < -0.4 is 5.32 Å². The summed E-state index contributed by atoms with van der Waals surface area (Å²) in [6.07, 6.45) is 10.6. The van der Waals surface area contributed by atoms with Gasteiger partial charge in [0, 0.05) is 6.42 Å². The molecule has 1 fully saturated rings. The van der Waals surface area contributed by atoms with Crippen LogP contribution in [0.1, 0.15) is 45.4 Å². The maximum atomic E-state index is 12.2. The molecule has 0 saturated heterocycles. The lowest BCUT2D eigenvalue weighted by Gasteiger charge is -2.38. The zero-order valence-electron chi connectivity index (χ0n) is 10.3. The maximum Gasteiger partial charge on any atom is 0.157 e. The molecule has 2 rings (SSSR count). The van der Waals surface area contributed by atoms with Crippen LogP contribution in [0.4, 0.5) is 0 Å². The van der Waals surface area contributed by atoms with Gasteiger partial charge in [-0.3, -0.25) is 4.79 Å². The molecule has 2 nitrogen and oxygen atoms in total. The Balaban J connectivity index is 2.33. The van der Waals surface area contributed by atoms with E-state index in [0.29, 0.717) is 5.78 Å². The second kappa shape index (κ2) is 4.54. The van der Waals surface area contributed by atoms with Gasteiger partial charge in [0.25, 0.3) is 0 Å². The molecule has 2 aliphatic rings. The molecule has 88 valence electrons. The van der Waals surface area contributed by atoms with Crippen LogP contribution in [0, 0.1) is 0 Å². The minimum atomic E-state index is -0.375. The van der Waals surface area contributed by atoms with Gasteiger partial charge in [0.05, 0.1) is 0 Å². The largest absolute Gasteiger partial charge is 0.304 e. The van der Waals surface area contributed by atoms with Crippen LogP contribution in [0.25, 0.3) is 0 Å². The number of hydrogen-bond donors (Lipinski definition) is 1. The van der Waals surface area contributed by atoms with Gasteiger partial charge in [-0.2, -0.15) is 0 Å². The van der Waals surface area contributed by atoms with Crippen molar-refractivity contribution in [2.24, 2.45) is 0 Å². The zero-order chi connectivity index (χ0) is 11.6. The molecule has 1 atom stereocenters. The number of ketones is 1. The summed E-state index contributed by atoms with van der Waals surface area (Å²) in [5, 5.41) is 3.30. The standard InChI is InChI=1S/C14H21NO/c1-11-6-5-7-12(10-11)14(15-2)9-4-3-8-13(14)16/h7,10,15H,3-6,8-9H2,1-2H3. The summed E-state index contributed by atoms with van der Waals surface area (Å²) in [7, 11) is 1.92. The number of Topliss-reactive ketones (excluding diaryl/α,β-unsaturated/α-hetero) is 1. The van der Waals surface area contributed by atoms with Crippen molar-refractivity contribution in [1.82, 2.24) is 5.32 Å². The van der Waals surface area contributed by atoms with E-state index in [0.717, 1.165) is 38.5 Å². The molecule has 0 amide bonds. The number of likely N-dealkylation sites (N-methyl/N-ethyl adjacent to an activating group) is 1. The molecular formula is C14H21NO. The Morgan fingerprint density at radius 1 is 1.31 bits per heavy atom. The first-order valence-electron chi connectivity index (χ1n) is 6.29. The summed E-state index contributed by atoms with van der Waals surface area (Å²) in [5.41, 5.74) is 2.23. The smallest absolute Gasteiger partial charge is 0.157 e. The number of nitrogens with one attached hydrogen (secondary N) is 1. The van der Waals surface area contributed by atoms with Crippen molar-refractivity contribution in [1.29, 1.82) is 0 Å². The van der Waals surface area contributed by atoms with E-state index in [1.165, 1.54) is 11.1 Å². The van der Waals surface area contributed by atoms with Crippen molar-refractivity contribution in [3.8, 4) is 0 Å². The molecule has 0 aromatic carbocycles. The van der Waals surface area contributed by atoms with E-state index in [4.69, 9.17) is 0 Å². The Morgan fingerprint density at radius 3 is 2.75 bits per heavy atom. The first-order valence-corrected chi connectivity index (χ1v) is 6.29. The van der Waals surface area contributed by atoms with Crippen LogP contribution in [-0.4, -0.2) is 18.4 Å². The predicted molar refractivity (Wildman–Crippen MR) is 66.3 cm³/mol. The Hall–Kier alpha value is -0.890. The van der Waals surface area contributed by atoms with Crippen LogP contribution >= 0.6 is 0 Å². The molecular weight excluding hydrogens is 198 g/mol. The lowest BCUT2D eigenvalue weighted by Crippen LogP contribution is -2.53. The molecule has 0 aromatic rings. The fourth-order valence-corrected chi connectivity index (χ4v) is 2.89. The summed E-state index contributed by atoms with van der Waals surface area (Å²) in [6.45, 7) is 2.16. The van der Waals surface area contributed by atoms with Gasteiger partial charge in [0.1, 0.15) is 5.54 Å². The highest BCUT2D eigenvalue weighted by atomic mass is 16.1. The summed E-state index contributed by atoms with van der Waals surface area (Å²) in [6, 6.07) is 0. The number of allylic oxidation sites excluding steroid dienone is 2. The summed E-state index contributed by atoms with van der Waals surface area (Å²) < 4.78 is 0. The van der Waals surface area contributed by atoms with Crippen LogP contribution in [0.5, 0.6) is 0 Å². The van der Waals surface area contributed by atoms with Gasteiger partial charge in [-0.05, 0) is 45.2 Å². The molecule has 0 radical (unpaired) electrons. The van der Waals surface area contributed by atoms with Gasteiger partial charge in [0.15, 0.2) is 5.78 Å². The van der Waals surface area contributed by atoms with Gasteiger partial charge in [-0.25, -0.2) is 0 Å². The van der Waals surface area contributed by atoms with E-state index < -0.39 is 0 Å². The van der Waals surface area contributed by atoms with Crippen LogP contribution in [-0.2, 0) is 4.79 Å². The van der Waals surface area contributed by atoms with Gasteiger partial charge < -0.3 is 5.32 Å². The highest BCUT2D eigenvalue weighted by Gasteiger charge is 2.40. The van der Waals surface area contributed by atoms with Crippen molar-refractivity contribution in [3.05, 3.63) is 23.3 Å². The molecule has 1 N–H and O–H groups in total. The Morgan fingerprint density at radius 2 is 2.12 bits per heavy atom. The molecule has 2 heteroatoms. The molecule has 0 aliphatic heterocycles. The average Bonchev–Trinajstić information content (AvgIpc) is 2.30. The second-order valence-corrected chi connectivity index (χ2v) is 4.97. The first kappa shape index (κ1) is 11.6. The Bertz CT molecular complexity index is 354. The third kappa shape index (κ3) is 1.86. The molecule has 0 heterocycles. The van der Waals surface area contributed by atoms with E-state index in [-0.39, 0.29) is 5.54 Å². The van der Waals surface area contributed by atoms with Crippen LogP contribution in [0.2, 0.25) is 0 Å². The van der Waals surface area contributed by atoms with Gasteiger partial charge in [0.2, 0.25) is 0 Å². The highest BCUT2D eigenvalue weighted by molar-refractivity contribution is 5.93. The van der Waals surface area contributed by atoms with E-state index >= 15 is 0 Å². The van der Waals surface area contributed by atoms with E-state index in [2.05, 4.69) is 24.4 Å². The monoisotopic (exact) mass is 219 g/mol. The van der Waals surface area contributed by atoms with E-state index in [9.17, 15) is 4.79 Å². The normalized spacial score (nSPS) is 31.0. The summed E-state index contributed by atoms with van der Waals surface area (Å²) in [5.74, 6) is 0.374. The van der Waals surface area contributed by atoms with E-state index in [1.807, 2.05) is 7.05 Å². The molecule has 0 spiro atoms. The van der Waals surface area contributed by atoms with Crippen molar-refractivity contribution in [2.45, 2.75) is 51.0 Å². The molecule has 0 bridgehead atoms. The van der Waals surface area contributed by atoms with E-state index in [1.54, 1.807) is 0 Å². The fourth-order valence-electron chi connectivity index (χ4n) is 2.89. The molecule has 2 aliphatic carbocycles. The van der Waals surface area contributed by atoms with Crippen molar-refractivity contribution in [2.75, 3.05) is 7.05 Å². The SMILES string of the molecule is CNC1(C2=CCCC(C)=C2)CCCCC1=O. The highest BCUT2D eigenvalue weighted by Crippen LogP contribution is 2.35. The summed E-state index contributed by atoms with van der Waals surface area (Å²) in [4.78, 5) is 12.2. The van der Waals surface area contributed by atoms with Crippen molar-refractivity contribution in [3.63, 3.8) is 0 Å². The second-order valence-electron chi connectivity index (χ2n) is 4.97.